The normalized spacial score (nSPS) is 11.8. The van der Waals surface area contributed by atoms with Crippen molar-refractivity contribution in [3.8, 4) is 0 Å². The van der Waals surface area contributed by atoms with E-state index in [2.05, 4.69) is 88.4 Å². The summed E-state index contributed by atoms with van der Waals surface area (Å²) in [5.41, 5.74) is 0. The fourth-order valence-electron chi connectivity index (χ4n) is 3.42. The molecule has 0 nitrogen and oxygen atoms in total. The van der Waals surface area contributed by atoms with Crippen molar-refractivity contribution in [1.82, 2.24) is 0 Å². The maximum Gasteiger partial charge on any atom is 1.00 e. The monoisotopic (exact) mass is 276 g/mol. The minimum absolute atomic E-state index is 0. The topological polar surface area (TPSA) is 0 Å². The summed E-state index contributed by atoms with van der Waals surface area (Å²) in [6.07, 6.45) is 0. The molecule has 0 fully saturated rings. The van der Waals surface area contributed by atoms with Crippen LogP contribution in [0.25, 0.3) is 0 Å². The first-order valence-corrected chi connectivity index (χ1v) is 9.34. The first kappa shape index (κ1) is 17.3. The Bertz CT molecular complexity index is 480. The molecule has 102 valence electrons. The number of benzene rings is 2. The maximum atomic E-state index is 2.41. The van der Waals surface area contributed by atoms with Crippen LogP contribution in [0.5, 0.6) is 0 Å². The third-order valence-electron chi connectivity index (χ3n) is 4.34. The molecule has 2 aromatic rings. The standard InChI is InChI=1S/C18H24Si.Li.H/c1-5-19(18(2,3)4,16-12-8-6-9-13-16)17-14-10-7-11-15-17;;/h6-15H,5H2,1-4H3;;/q;+1;-1. The van der Waals surface area contributed by atoms with E-state index in [1.165, 1.54) is 6.04 Å². The Labute approximate surface area is 138 Å². The molecule has 0 aliphatic heterocycles. The van der Waals surface area contributed by atoms with Gasteiger partial charge in [0.2, 0.25) is 0 Å². The molecular weight excluding hydrogens is 251 g/mol. The van der Waals surface area contributed by atoms with E-state index < -0.39 is 8.07 Å². The van der Waals surface area contributed by atoms with Gasteiger partial charge in [0, 0.05) is 0 Å². The summed E-state index contributed by atoms with van der Waals surface area (Å²) >= 11 is 0. The van der Waals surface area contributed by atoms with Crippen molar-refractivity contribution in [3.05, 3.63) is 60.7 Å². The molecule has 0 atom stereocenters. The van der Waals surface area contributed by atoms with E-state index in [1.807, 2.05) is 0 Å². The van der Waals surface area contributed by atoms with Crippen LogP contribution in [-0.4, -0.2) is 8.07 Å². The van der Waals surface area contributed by atoms with Gasteiger partial charge in [0.05, 0.1) is 0 Å². The van der Waals surface area contributed by atoms with Gasteiger partial charge in [0.25, 0.3) is 0 Å². The molecule has 2 rings (SSSR count). The zero-order valence-electron chi connectivity index (χ0n) is 14.5. The summed E-state index contributed by atoms with van der Waals surface area (Å²) in [5, 5.41) is 3.41. The minimum Gasteiger partial charge on any atom is -1.00 e. The molecule has 0 radical (unpaired) electrons. The van der Waals surface area contributed by atoms with Crippen LogP contribution in [0.1, 0.15) is 29.1 Å². The van der Waals surface area contributed by atoms with Gasteiger partial charge in [0.1, 0.15) is 8.07 Å². The van der Waals surface area contributed by atoms with Gasteiger partial charge >= 0.3 is 18.9 Å². The Balaban J connectivity index is 0.00000200. The van der Waals surface area contributed by atoms with E-state index in [0.29, 0.717) is 5.04 Å². The van der Waals surface area contributed by atoms with E-state index in [4.69, 9.17) is 0 Å². The first-order valence-electron chi connectivity index (χ1n) is 7.13. The summed E-state index contributed by atoms with van der Waals surface area (Å²) in [5.74, 6) is 0. The van der Waals surface area contributed by atoms with Crippen molar-refractivity contribution < 1.29 is 20.3 Å². The summed E-state index contributed by atoms with van der Waals surface area (Å²) in [7, 11) is -1.72. The van der Waals surface area contributed by atoms with E-state index in [9.17, 15) is 0 Å². The molecule has 0 aliphatic carbocycles. The molecule has 20 heavy (non-hydrogen) atoms. The molecule has 0 unspecified atom stereocenters. The van der Waals surface area contributed by atoms with E-state index >= 15 is 0 Å². The molecule has 0 saturated heterocycles. The zero-order chi connectivity index (χ0) is 13.9. The molecule has 0 heterocycles. The first-order chi connectivity index (χ1) is 9.02. The van der Waals surface area contributed by atoms with Crippen LogP contribution < -0.4 is 29.2 Å². The van der Waals surface area contributed by atoms with Gasteiger partial charge in [-0.2, -0.15) is 0 Å². The van der Waals surface area contributed by atoms with E-state index in [1.54, 1.807) is 10.4 Å². The zero-order valence-corrected chi connectivity index (χ0v) is 14.5. The van der Waals surface area contributed by atoms with Crippen LogP contribution in [0.3, 0.4) is 0 Å². The second kappa shape index (κ2) is 6.81. The minimum atomic E-state index is -1.72. The fraction of sp³-hybridized carbons (Fsp3) is 0.333. The van der Waals surface area contributed by atoms with Crippen molar-refractivity contribution in [3.63, 3.8) is 0 Å². The van der Waals surface area contributed by atoms with Crippen LogP contribution in [0.2, 0.25) is 11.1 Å². The second-order valence-electron chi connectivity index (χ2n) is 6.24. The molecule has 0 spiro atoms. The Morgan fingerprint density at radius 1 is 0.800 bits per heavy atom. The van der Waals surface area contributed by atoms with Crippen molar-refractivity contribution in [2.24, 2.45) is 0 Å². The molecule has 0 N–H and O–H groups in total. The van der Waals surface area contributed by atoms with Crippen LogP contribution >= 0.6 is 0 Å². The Morgan fingerprint density at radius 2 is 1.15 bits per heavy atom. The smallest absolute Gasteiger partial charge is 1.00 e. The van der Waals surface area contributed by atoms with Gasteiger partial charge < -0.3 is 1.43 Å². The fourth-order valence-corrected chi connectivity index (χ4v) is 8.88. The Kier molecular flexibility index (Phi) is 5.89. The number of hydrogen-bond donors (Lipinski definition) is 0. The van der Waals surface area contributed by atoms with Crippen molar-refractivity contribution in [2.45, 2.75) is 38.8 Å². The van der Waals surface area contributed by atoms with Crippen LogP contribution in [0.4, 0.5) is 0 Å². The third-order valence-corrected chi connectivity index (χ3v) is 10.6. The molecule has 0 saturated carbocycles. The summed E-state index contributed by atoms with van der Waals surface area (Å²) in [6, 6.07) is 23.5. The van der Waals surface area contributed by atoms with Gasteiger partial charge in [0.15, 0.2) is 0 Å². The van der Waals surface area contributed by atoms with E-state index in [0.717, 1.165) is 0 Å². The van der Waals surface area contributed by atoms with Crippen molar-refractivity contribution in [2.75, 3.05) is 0 Å². The predicted molar refractivity (Wildman–Crippen MR) is 89.2 cm³/mol. The summed E-state index contributed by atoms with van der Waals surface area (Å²) < 4.78 is 0. The average molecular weight is 276 g/mol. The van der Waals surface area contributed by atoms with Crippen LogP contribution in [0, 0.1) is 0 Å². The predicted octanol–water partition coefficient (Wildman–Crippen LogP) is 1.19. The van der Waals surface area contributed by atoms with Gasteiger partial charge in [-0.05, 0) is 5.04 Å². The molecule has 0 bridgehead atoms. The maximum absolute atomic E-state index is 2.41. The van der Waals surface area contributed by atoms with Crippen LogP contribution in [0.15, 0.2) is 60.7 Å². The van der Waals surface area contributed by atoms with Crippen molar-refractivity contribution >= 4 is 18.4 Å². The Hall–Kier alpha value is -0.746. The van der Waals surface area contributed by atoms with Gasteiger partial charge in [-0.1, -0.05) is 105 Å². The molecule has 0 amide bonds. The molecule has 2 heteroatoms. The third kappa shape index (κ3) is 2.96. The average Bonchev–Trinajstić information content (AvgIpc) is 2.41. The molecule has 0 aromatic heterocycles. The van der Waals surface area contributed by atoms with Gasteiger partial charge in [-0.15, -0.1) is 0 Å². The molecular formula is C18H25LiSi. The largest absolute Gasteiger partial charge is 1.00 e. The number of hydrogen-bond acceptors (Lipinski definition) is 0. The number of rotatable bonds is 3. The summed E-state index contributed by atoms with van der Waals surface area (Å²) in [6.45, 7) is 9.58. The van der Waals surface area contributed by atoms with Crippen molar-refractivity contribution in [1.29, 1.82) is 0 Å². The Morgan fingerprint density at radius 3 is 1.40 bits per heavy atom. The second-order valence-corrected chi connectivity index (χ2v) is 11.4. The quantitative estimate of drug-likeness (QED) is 0.739. The van der Waals surface area contributed by atoms with Gasteiger partial charge in [-0.25, -0.2) is 0 Å². The van der Waals surface area contributed by atoms with E-state index in [-0.39, 0.29) is 20.3 Å². The SMILES string of the molecule is CC[Si](c1ccccc1)(c1ccccc1)C(C)(C)C.[H-].[Li+]. The van der Waals surface area contributed by atoms with Crippen LogP contribution in [-0.2, 0) is 0 Å². The van der Waals surface area contributed by atoms with Gasteiger partial charge in [-0.3, -0.25) is 0 Å². The molecule has 2 aromatic carbocycles. The summed E-state index contributed by atoms with van der Waals surface area (Å²) in [4.78, 5) is 0. The molecule has 0 aliphatic rings.